The highest BCUT2D eigenvalue weighted by molar-refractivity contribution is 7.13. The number of rotatable bonds is 5. The van der Waals surface area contributed by atoms with Crippen molar-refractivity contribution in [3.63, 3.8) is 0 Å². The van der Waals surface area contributed by atoms with E-state index in [0.717, 1.165) is 36.8 Å². The molecule has 1 aliphatic heterocycles. The molecule has 3 N–H and O–H groups in total. The Labute approximate surface area is 136 Å². The molecule has 23 heavy (non-hydrogen) atoms. The predicted octanol–water partition coefficient (Wildman–Crippen LogP) is 0.907. The van der Waals surface area contributed by atoms with Gasteiger partial charge in [0.2, 0.25) is 0 Å². The number of piperidine rings is 1. The van der Waals surface area contributed by atoms with Gasteiger partial charge in [-0.3, -0.25) is 14.3 Å². The molecule has 2 aromatic heterocycles. The van der Waals surface area contributed by atoms with Crippen LogP contribution in [-0.4, -0.2) is 44.8 Å². The number of carboxylic acids is 1. The minimum atomic E-state index is -0.909. The summed E-state index contributed by atoms with van der Waals surface area (Å²) >= 11 is 1.40. The highest BCUT2D eigenvalue weighted by Crippen LogP contribution is 2.31. The Bertz CT molecular complexity index is 726. The fraction of sp³-hybridized carbons (Fsp3) is 0.429. The Morgan fingerprint density at radius 2 is 2.30 bits per heavy atom. The van der Waals surface area contributed by atoms with Crippen LogP contribution in [0.15, 0.2) is 17.6 Å². The van der Waals surface area contributed by atoms with Gasteiger partial charge in [0.15, 0.2) is 5.13 Å². The molecule has 1 amide bonds. The molecule has 9 heteroatoms. The number of amides is 1. The molecule has 0 saturated carbocycles. The fourth-order valence-electron chi connectivity index (χ4n) is 2.86. The highest BCUT2D eigenvalue weighted by Gasteiger charge is 2.26. The predicted molar refractivity (Wildman–Crippen MR) is 84.7 cm³/mol. The van der Waals surface area contributed by atoms with Crippen molar-refractivity contribution in [1.29, 1.82) is 0 Å². The molecule has 122 valence electrons. The van der Waals surface area contributed by atoms with Crippen molar-refractivity contribution in [2.75, 3.05) is 18.0 Å². The summed E-state index contributed by atoms with van der Waals surface area (Å²) < 4.78 is 1.53. The number of nitrogens with two attached hydrogens (primary N) is 1. The molecule has 1 fully saturated rings. The smallest absolute Gasteiger partial charge is 0.325 e. The minimum Gasteiger partial charge on any atom is -0.480 e. The normalized spacial score (nSPS) is 18.1. The van der Waals surface area contributed by atoms with Crippen LogP contribution >= 0.6 is 11.3 Å². The number of anilines is 1. The Hall–Kier alpha value is -2.42. The van der Waals surface area contributed by atoms with Gasteiger partial charge in [-0.25, -0.2) is 4.98 Å². The van der Waals surface area contributed by atoms with Crippen LogP contribution in [-0.2, 0) is 11.3 Å². The van der Waals surface area contributed by atoms with Crippen molar-refractivity contribution < 1.29 is 14.7 Å². The highest BCUT2D eigenvalue weighted by atomic mass is 32.1. The molecular formula is C14H17N5O3S. The molecule has 8 nitrogen and oxygen atoms in total. The Kier molecular flexibility index (Phi) is 4.28. The molecule has 3 rings (SSSR count). The van der Waals surface area contributed by atoms with Crippen LogP contribution in [0.2, 0.25) is 0 Å². The van der Waals surface area contributed by atoms with Gasteiger partial charge in [-0.15, -0.1) is 11.3 Å². The molecule has 0 spiro atoms. The van der Waals surface area contributed by atoms with Gasteiger partial charge < -0.3 is 15.7 Å². The van der Waals surface area contributed by atoms with Gasteiger partial charge in [-0.2, -0.15) is 5.10 Å². The SMILES string of the molecule is NC(=O)c1csc(N2CCC[C@H](c3ccnn3CC(=O)O)C2)n1. The van der Waals surface area contributed by atoms with E-state index in [1.54, 1.807) is 11.6 Å². The number of hydrogen-bond donors (Lipinski definition) is 2. The van der Waals surface area contributed by atoms with Crippen LogP contribution in [0.25, 0.3) is 0 Å². The number of aromatic nitrogens is 3. The molecule has 0 aliphatic carbocycles. The summed E-state index contributed by atoms with van der Waals surface area (Å²) in [6.07, 6.45) is 3.57. The average molecular weight is 335 g/mol. The van der Waals surface area contributed by atoms with E-state index in [9.17, 15) is 9.59 Å². The lowest BCUT2D eigenvalue weighted by Crippen LogP contribution is -2.35. The van der Waals surface area contributed by atoms with Crippen molar-refractivity contribution in [2.45, 2.75) is 25.3 Å². The number of thiazole rings is 1. The van der Waals surface area contributed by atoms with Crippen LogP contribution < -0.4 is 10.6 Å². The van der Waals surface area contributed by atoms with Crippen molar-refractivity contribution in [1.82, 2.24) is 14.8 Å². The first-order valence-corrected chi connectivity index (χ1v) is 8.16. The second-order valence-electron chi connectivity index (χ2n) is 5.47. The first-order valence-electron chi connectivity index (χ1n) is 7.28. The molecule has 0 aromatic carbocycles. The maximum atomic E-state index is 11.2. The van der Waals surface area contributed by atoms with E-state index in [2.05, 4.69) is 15.0 Å². The van der Waals surface area contributed by atoms with Gasteiger partial charge >= 0.3 is 5.97 Å². The molecule has 1 atom stereocenters. The van der Waals surface area contributed by atoms with Crippen LogP contribution in [0, 0.1) is 0 Å². The average Bonchev–Trinajstić information content (AvgIpc) is 3.15. The zero-order chi connectivity index (χ0) is 16.4. The number of nitrogens with zero attached hydrogens (tertiary/aromatic N) is 4. The summed E-state index contributed by atoms with van der Waals surface area (Å²) in [7, 11) is 0. The molecule has 1 saturated heterocycles. The number of hydrogen-bond acceptors (Lipinski definition) is 6. The van der Waals surface area contributed by atoms with E-state index in [1.165, 1.54) is 16.0 Å². The number of primary amides is 1. The van der Waals surface area contributed by atoms with Crippen molar-refractivity contribution in [3.8, 4) is 0 Å². The summed E-state index contributed by atoms with van der Waals surface area (Å²) in [5.74, 6) is -1.25. The second kappa shape index (κ2) is 6.37. The molecule has 3 heterocycles. The van der Waals surface area contributed by atoms with Crippen molar-refractivity contribution >= 4 is 28.3 Å². The maximum Gasteiger partial charge on any atom is 0.325 e. The van der Waals surface area contributed by atoms with Gasteiger partial charge in [-0.05, 0) is 18.9 Å². The monoisotopic (exact) mass is 335 g/mol. The van der Waals surface area contributed by atoms with Crippen LogP contribution in [0.1, 0.15) is 34.9 Å². The zero-order valence-electron chi connectivity index (χ0n) is 12.4. The summed E-state index contributed by atoms with van der Waals surface area (Å²) in [6, 6.07) is 1.87. The van der Waals surface area contributed by atoms with E-state index in [0.29, 0.717) is 0 Å². The van der Waals surface area contributed by atoms with Crippen LogP contribution in [0.4, 0.5) is 5.13 Å². The Balaban J connectivity index is 1.76. The van der Waals surface area contributed by atoms with E-state index < -0.39 is 11.9 Å². The molecule has 0 bridgehead atoms. The molecule has 2 aromatic rings. The van der Waals surface area contributed by atoms with Gasteiger partial charge in [0.25, 0.3) is 5.91 Å². The van der Waals surface area contributed by atoms with Crippen molar-refractivity contribution in [3.05, 3.63) is 29.0 Å². The quantitative estimate of drug-likeness (QED) is 0.839. The summed E-state index contributed by atoms with van der Waals surface area (Å²) in [5, 5.41) is 15.5. The van der Waals surface area contributed by atoms with Crippen LogP contribution in [0.5, 0.6) is 0 Å². The van der Waals surface area contributed by atoms with Gasteiger partial charge in [-0.1, -0.05) is 0 Å². The molecular weight excluding hydrogens is 318 g/mol. The van der Waals surface area contributed by atoms with E-state index in [-0.39, 0.29) is 18.2 Å². The van der Waals surface area contributed by atoms with Gasteiger partial charge in [0.1, 0.15) is 12.2 Å². The first-order chi connectivity index (χ1) is 11.0. The summed E-state index contributed by atoms with van der Waals surface area (Å²) in [5.41, 5.74) is 6.45. The molecule has 0 unspecified atom stereocenters. The standard InChI is InChI=1S/C14H17N5O3S/c15-13(22)10-8-23-14(17-10)18-5-1-2-9(6-18)11-3-4-16-19(11)7-12(20)21/h3-4,8-9H,1-2,5-7H2,(H2,15,22)(H,20,21)/t9-/m0/s1. The number of carbonyl (C=O) groups is 2. The Morgan fingerprint density at radius 3 is 3.00 bits per heavy atom. The summed E-state index contributed by atoms with van der Waals surface area (Å²) in [6.45, 7) is 1.44. The fourth-order valence-corrected chi connectivity index (χ4v) is 3.72. The lowest BCUT2D eigenvalue weighted by molar-refractivity contribution is -0.137. The van der Waals surface area contributed by atoms with Crippen LogP contribution in [0.3, 0.4) is 0 Å². The lowest BCUT2D eigenvalue weighted by Gasteiger charge is -2.32. The van der Waals surface area contributed by atoms with Gasteiger partial charge in [0, 0.05) is 36.3 Å². The third-order valence-electron chi connectivity index (χ3n) is 3.89. The summed E-state index contributed by atoms with van der Waals surface area (Å²) in [4.78, 5) is 28.5. The lowest BCUT2D eigenvalue weighted by atomic mass is 9.95. The number of aliphatic carboxylic acids is 1. The Morgan fingerprint density at radius 1 is 1.48 bits per heavy atom. The zero-order valence-corrected chi connectivity index (χ0v) is 13.2. The van der Waals surface area contributed by atoms with Crippen molar-refractivity contribution in [2.24, 2.45) is 5.73 Å². The van der Waals surface area contributed by atoms with E-state index in [4.69, 9.17) is 10.8 Å². The van der Waals surface area contributed by atoms with E-state index in [1.807, 2.05) is 6.07 Å². The van der Waals surface area contributed by atoms with Gasteiger partial charge in [0.05, 0.1) is 0 Å². The largest absolute Gasteiger partial charge is 0.480 e. The first kappa shape index (κ1) is 15.5. The maximum absolute atomic E-state index is 11.2. The van der Waals surface area contributed by atoms with E-state index >= 15 is 0 Å². The second-order valence-corrected chi connectivity index (χ2v) is 6.31. The minimum absolute atomic E-state index is 0.137. The number of carbonyl (C=O) groups excluding carboxylic acids is 1. The number of carboxylic acid groups (broad SMARTS) is 1. The third-order valence-corrected chi connectivity index (χ3v) is 4.79. The third kappa shape index (κ3) is 3.34. The topological polar surface area (TPSA) is 114 Å². The molecule has 1 aliphatic rings. The molecule has 0 radical (unpaired) electrons.